The highest BCUT2D eigenvalue weighted by Crippen LogP contribution is 2.26. The van der Waals surface area contributed by atoms with Gasteiger partial charge in [0.15, 0.2) is 0 Å². The van der Waals surface area contributed by atoms with Gasteiger partial charge in [0.25, 0.3) is 0 Å². The largest absolute Gasteiger partial charge is 0.369 e. The van der Waals surface area contributed by atoms with Crippen molar-refractivity contribution in [2.24, 2.45) is 0 Å². The van der Waals surface area contributed by atoms with Crippen LogP contribution in [0.2, 0.25) is 5.02 Å². The smallest absolute Gasteiger partial charge is 0.0415 e. The summed E-state index contributed by atoms with van der Waals surface area (Å²) in [7, 11) is 0. The van der Waals surface area contributed by atoms with E-state index >= 15 is 0 Å². The zero-order valence-electron chi connectivity index (χ0n) is 14.2. The molecule has 0 spiro atoms. The van der Waals surface area contributed by atoms with Gasteiger partial charge < -0.3 is 10.2 Å². The van der Waals surface area contributed by atoms with Crippen LogP contribution in [0.3, 0.4) is 0 Å². The maximum Gasteiger partial charge on any atom is 0.0415 e. The zero-order valence-corrected chi connectivity index (χ0v) is 15.0. The highest BCUT2D eigenvalue weighted by atomic mass is 35.5. The summed E-state index contributed by atoms with van der Waals surface area (Å²) in [6, 6.07) is 7.25. The van der Waals surface area contributed by atoms with E-state index in [2.05, 4.69) is 57.0 Å². The number of halogens is 1. The summed E-state index contributed by atoms with van der Waals surface area (Å²) in [4.78, 5) is 2.50. The van der Waals surface area contributed by atoms with Gasteiger partial charge in [-0.1, -0.05) is 45.2 Å². The van der Waals surface area contributed by atoms with Gasteiger partial charge in [0.2, 0.25) is 0 Å². The lowest BCUT2D eigenvalue weighted by Crippen LogP contribution is -2.33. The van der Waals surface area contributed by atoms with E-state index < -0.39 is 0 Å². The Morgan fingerprint density at radius 2 is 1.86 bits per heavy atom. The lowest BCUT2D eigenvalue weighted by molar-refractivity contribution is 0.582. The van der Waals surface area contributed by atoms with E-state index in [1.165, 1.54) is 30.5 Å². The van der Waals surface area contributed by atoms with Crippen molar-refractivity contribution in [3.8, 4) is 0 Å². The molecule has 0 saturated carbocycles. The number of hydrogen-bond acceptors (Lipinski definition) is 2. The molecule has 0 amide bonds. The molecular weight excluding hydrogens is 280 g/mol. The van der Waals surface area contributed by atoms with Crippen LogP contribution in [0.25, 0.3) is 0 Å². The summed E-state index contributed by atoms with van der Waals surface area (Å²) in [5, 5.41) is 4.32. The summed E-state index contributed by atoms with van der Waals surface area (Å²) < 4.78 is 0. The van der Waals surface area contributed by atoms with Crippen LogP contribution in [0.4, 0.5) is 5.69 Å². The molecule has 0 saturated heterocycles. The molecule has 0 aromatic heterocycles. The topological polar surface area (TPSA) is 15.3 Å². The third kappa shape index (κ3) is 6.27. The predicted molar refractivity (Wildman–Crippen MR) is 95.4 cm³/mol. The monoisotopic (exact) mass is 310 g/mol. The Bertz CT molecular complexity index is 416. The minimum Gasteiger partial charge on any atom is -0.369 e. The first-order valence-electron chi connectivity index (χ1n) is 8.24. The van der Waals surface area contributed by atoms with Gasteiger partial charge >= 0.3 is 0 Å². The number of rotatable bonds is 9. The molecule has 2 nitrogen and oxygen atoms in total. The van der Waals surface area contributed by atoms with E-state index in [-0.39, 0.29) is 0 Å². The Labute approximate surface area is 135 Å². The van der Waals surface area contributed by atoms with E-state index in [0.717, 1.165) is 18.1 Å². The van der Waals surface area contributed by atoms with Crippen LogP contribution in [0, 0.1) is 0 Å². The fourth-order valence-corrected chi connectivity index (χ4v) is 2.67. The van der Waals surface area contributed by atoms with Crippen molar-refractivity contribution >= 4 is 17.3 Å². The minimum atomic E-state index is 0.476. The van der Waals surface area contributed by atoms with Crippen molar-refractivity contribution in [1.29, 1.82) is 0 Å². The molecule has 120 valence electrons. The SMILES string of the molecule is CCCCCN(c1ccc(Cl)cc1CNC(C)C)C(C)C. The second-order valence-corrected chi connectivity index (χ2v) is 6.74. The fraction of sp³-hybridized carbons (Fsp3) is 0.667. The van der Waals surface area contributed by atoms with Gasteiger partial charge in [-0.3, -0.25) is 0 Å². The van der Waals surface area contributed by atoms with Crippen LogP contribution in [0.1, 0.15) is 59.4 Å². The molecule has 1 aromatic rings. The Hall–Kier alpha value is -0.730. The quantitative estimate of drug-likeness (QED) is 0.627. The molecule has 0 aliphatic carbocycles. The number of unbranched alkanes of at least 4 members (excludes halogenated alkanes) is 2. The van der Waals surface area contributed by atoms with E-state index in [0.29, 0.717) is 12.1 Å². The average molecular weight is 311 g/mol. The summed E-state index contributed by atoms with van der Waals surface area (Å²) in [6.45, 7) is 13.1. The average Bonchev–Trinajstić information content (AvgIpc) is 2.42. The first kappa shape index (κ1) is 18.3. The first-order valence-corrected chi connectivity index (χ1v) is 8.62. The molecule has 1 aromatic carbocycles. The molecule has 0 unspecified atom stereocenters. The van der Waals surface area contributed by atoms with Crippen LogP contribution in [0.15, 0.2) is 18.2 Å². The summed E-state index contributed by atoms with van der Waals surface area (Å²) in [5.41, 5.74) is 2.61. The van der Waals surface area contributed by atoms with Crippen molar-refractivity contribution in [2.75, 3.05) is 11.4 Å². The van der Waals surface area contributed by atoms with Crippen LogP contribution < -0.4 is 10.2 Å². The van der Waals surface area contributed by atoms with Crippen LogP contribution in [-0.4, -0.2) is 18.6 Å². The summed E-state index contributed by atoms with van der Waals surface area (Å²) in [5.74, 6) is 0. The van der Waals surface area contributed by atoms with Crippen LogP contribution in [0.5, 0.6) is 0 Å². The van der Waals surface area contributed by atoms with Gasteiger partial charge in [-0.05, 0) is 44.0 Å². The van der Waals surface area contributed by atoms with E-state index in [4.69, 9.17) is 11.6 Å². The Kier molecular flexibility index (Phi) is 8.13. The fourth-order valence-electron chi connectivity index (χ4n) is 2.48. The second kappa shape index (κ2) is 9.32. The van der Waals surface area contributed by atoms with Crippen molar-refractivity contribution < 1.29 is 0 Å². The normalized spacial score (nSPS) is 11.4. The zero-order chi connectivity index (χ0) is 15.8. The van der Waals surface area contributed by atoms with Gasteiger partial charge in [-0.2, -0.15) is 0 Å². The van der Waals surface area contributed by atoms with E-state index in [9.17, 15) is 0 Å². The van der Waals surface area contributed by atoms with Gasteiger partial charge in [0.1, 0.15) is 0 Å². The maximum absolute atomic E-state index is 6.20. The van der Waals surface area contributed by atoms with E-state index in [1.54, 1.807) is 0 Å². The highest BCUT2D eigenvalue weighted by Gasteiger charge is 2.14. The van der Waals surface area contributed by atoms with Crippen LogP contribution >= 0.6 is 11.6 Å². The third-order valence-corrected chi connectivity index (χ3v) is 3.91. The summed E-state index contributed by atoms with van der Waals surface area (Å²) in [6.07, 6.45) is 3.79. The van der Waals surface area contributed by atoms with Crippen LogP contribution in [-0.2, 0) is 6.54 Å². The lowest BCUT2D eigenvalue weighted by Gasteiger charge is -2.31. The number of hydrogen-bond donors (Lipinski definition) is 1. The molecule has 0 bridgehead atoms. The highest BCUT2D eigenvalue weighted by molar-refractivity contribution is 6.30. The Morgan fingerprint density at radius 3 is 2.43 bits per heavy atom. The Morgan fingerprint density at radius 1 is 1.14 bits per heavy atom. The second-order valence-electron chi connectivity index (χ2n) is 6.30. The molecule has 0 heterocycles. The van der Waals surface area contributed by atoms with Gasteiger partial charge in [0.05, 0.1) is 0 Å². The minimum absolute atomic E-state index is 0.476. The van der Waals surface area contributed by atoms with Crippen molar-refractivity contribution in [3.63, 3.8) is 0 Å². The molecule has 0 aliphatic heterocycles. The van der Waals surface area contributed by atoms with Gasteiger partial charge in [-0.15, -0.1) is 0 Å². The third-order valence-electron chi connectivity index (χ3n) is 3.68. The van der Waals surface area contributed by atoms with E-state index in [1.807, 2.05) is 6.07 Å². The standard InChI is InChI=1S/C18H31ClN2/c1-6-7-8-11-21(15(4)5)18-10-9-17(19)12-16(18)13-20-14(2)3/h9-10,12,14-15,20H,6-8,11,13H2,1-5H3. The predicted octanol–water partition coefficient (Wildman–Crippen LogP) is 5.24. The maximum atomic E-state index is 6.20. The molecule has 3 heteroatoms. The van der Waals surface area contributed by atoms with Crippen molar-refractivity contribution in [2.45, 2.75) is 72.5 Å². The summed E-state index contributed by atoms with van der Waals surface area (Å²) >= 11 is 6.20. The number of nitrogens with zero attached hydrogens (tertiary/aromatic N) is 1. The van der Waals surface area contributed by atoms with Crippen molar-refractivity contribution in [3.05, 3.63) is 28.8 Å². The molecule has 1 rings (SSSR count). The number of benzene rings is 1. The van der Waals surface area contributed by atoms with Gasteiger partial charge in [-0.25, -0.2) is 0 Å². The van der Waals surface area contributed by atoms with Crippen molar-refractivity contribution in [1.82, 2.24) is 5.32 Å². The molecule has 21 heavy (non-hydrogen) atoms. The molecule has 0 aliphatic rings. The molecule has 0 radical (unpaired) electrons. The molecular formula is C18H31ClN2. The number of anilines is 1. The van der Waals surface area contributed by atoms with Gasteiger partial charge in [0, 0.05) is 35.9 Å². The number of nitrogens with one attached hydrogen (secondary N) is 1. The lowest BCUT2D eigenvalue weighted by atomic mass is 10.1. The molecule has 1 N–H and O–H groups in total. The Balaban J connectivity index is 2.94. The molecule has 0 fully saturated rings. The first-order chi connectivity index (χ1) is 9.95. The molecule has 0 atom stereocenters.